The number of anilines is 1. The van der Waals surface area contributed by atoms with Crippen molar-refractivity contribution in [3.05, 3.63) is 54.4 Å². The van der Waals surface area contributed by atoms with Crippen molar-refractivity contribution in [1.82, 2.24) is 0 Å². The number of pyridine rings is 1. The zero-order chi connectivity index (χ0) is 15.3. The highest BCUT2D eigenvalue weighted by atomic mass is 35.5. The maximum absolute atomic E-state index is 12.2. The number of carbonyl (C=O) groups is 1. The fourth-order valence-corrected chi connectivity index (χ4v) is 3.20. The number of carbonyl (C=O) groups excluding carboxylic acids is 1. The Labute approximate surface area is 136 Å². The van der Waals surface area contributed by atoms with Crippen molar-refractivity contribution in [1.29, 1.82) is 0 Å². The standard InChI is InChI=1S/C15H16N2O3S.ClH/c1-12(18)17-14-2-4-15(5-3-14)21(19,20)11-8-13-6-9-16-10-7-13;/h2-7,9-10H,8,11H2,1H3,(H,17,18);1H. The summed E-state index contributed by atoms with van der Waals surface area (Å²) in [4.78, 5) is 14.1. The molecule has 0 bridgehead atoms. The zero-order valence-corrected chi connectivity index (χ0v) is 13.6. The first-order valence-corrected chi connectivity index (χ1v) is 8.18. The largest absolute Gasteiger partial charge is 1.00 e. The van der Waals surface area contributed by atoms with Crippen LogP contribution in [0.3, 0.4) is 0 Å². The van der Waals surface area contributed by atoms with Gasteiger partial charge in [-0.2, -0.15) is 0 Å². The number of nitrogens with one attached hydrogen (secondary N) is 2. The van der Waals surface area contributed by atoms with Crippen molar-refractivity contribution in [2.24, 2.45) is 0 Å². The van der Waals surface area contributed by atoms with Gasteiger partial charge in [0.2, 0.25) is 5.91 Å². The topological polar surface area (TPSA) is 77.4 Å². The Morgan fingerprint density at radius 3 is 2.23 bits per heavy atom. The second-order valence-corrected chi connectivity index (χ2v) is 6.79. The Morgan fingerprint density at radius 1 is 1.09 bits per heavy atom. The number of aromatic amines is 1. The van der Waals surface area contributed by atoms with Crippen LogP contribution in [0.25, 0.3) is 0 Å². The Kier molecular flexibility index (Phi) is 6.52. The van der Waals surface area contributed by atoms with E-state index in [1.54, 1.807) is 24.5 Å². The highest BCUT2D eigenvalue weighted by Gasteiger charge is 2.14. The lowest BCUT2D eigenvalue weighted by molar-refractivity contribution is -0.378. The van der Waals surface area contributed by atoms with Crippen LogP contribution in [-0.4, -0.2) is 20.1 Å². The monoisotopic (exact) mass is 340 g/mol. The van der Waals surface area contributed by atoms with Crippen LogP contribution in [0, 0.1) is 0 Å². The van der Waals surface area contributed by atoms with E-state index in [4.69, 9.17) is 0 Å². The molecule has 0 fully saturated rings. The number of hydrogen-bond donors (Lipinski definition) is 1. The normalized spacial score (nSPS) is 10.6. The van der Waals surface area contributed by atoms with E-state index in [0.29, 0.717) is 12.1 Å². The van der Waals surface area contributed by atoms with Crippen molar-refractivity contribution in [2.75, 3.05) is 11.1 Å². The van der Waals surface area contributed by atoms with Crippen LogP contribution < -0.4 is 22.7 Å². The molecular weight excluding hydrogens is 324 g/mol. The minimum Gasteiger partial charge on any atom is -1.00 e. The second kappa shape index (κ2) is 7.91. The van der Waals surface area contributed by atoms with Crippen LogP contribution in [0.2, 0.25) is 0 Å². The van der Waals surface area contributed by atoms with Gasteiger partial charge < -0.3 is 17.7 Å². The molecule has 1 aromatic heterocycles. The van der Waals surface area contributed by atoms with E-state index in [0.717, 1.165) is 5.56 Å². The van der Waals surface area contributed by atoms with Crippen LogP contribution in [-0.2, 0) is 21.1 Å². The minimum absolute atomic E-state index is 0. The van der Waals surface area contributed by atoms with Crippen molar-refractivity contribution in [3.8, 4) is 0 Å². The molecule has 1 heterocycles. The predicted molar refractivity (Wildman–Crippen MR) is 79.5 cm³/mol. The summed E-state index contributed by atoms with van der Waals surface area (Å²) in [6, 6.07) is 9.92. The van der Waals surface area contributed by atoms with Crippen molar-refractivity contribution in [2.45, 2.75) is 18.2 Å². The quantitative estimate of drug-likeness (QED) is 0.718. The molecule has 0 aliphatic carbocycles. The Hall–Kier alpha value is -1.92. The number of amides is 1. The lowest BCUT2D eigenvalue weighted by Gasteiger charge is -2.06. The summed E-state index contributed by atoms with van der Waals surface area (Å²) in [7, 11) is -3.33. The van der Waals surface area contributed by atoms with Gasteiger partial charge in [-0.05, 0) is 36.2 Å². The summed E-state index contributed by atoms with van der Waals surface area (Å²) < 4.78 is 24.5. The number of H-pyrrole nitrogens is 1. The van der Waals surface area contributed by atoms with Gasteiger partial charge in [0.25, 0.3) is 0 Å². The van der Waals surface area contributed by atoms with Gasteiger partial charge in [-0.25, -0.2) is 13.4 Å². The van der Waals surface area contributed by atoms with Gasteiger partial charge in [0.05, 0.1) is 10.6 Å². The summed E-state index contributed by atoms with van der Waals surface area (Å²) in [6.07, 6.45) is 4.00. The van der Waals surface area contributed by atoms with Crippen LogP contribution in [0.5, 0.6) is 0 Å². The number of rotatable bonds is 5. The third kappa shape index (κ3) is 5.13. The van der Waals surface area contributed by atoms with E-state index in [-0.39, 0.29) is 29.0 Å². The molecule has 0 saturated heterocycles. The Balaban J connectivity index is 0.00000242. The Bertz CT molecular complexity index is 716. The maximum Gasteiger partial charge on any atom is 0.221 e. The molecule has 118 valence electrons. The number of aromatic nitrogens is 1. The molecule has 0 aliphatic heterocycles. The van der Waals surface area contributed by atoms with E-state index in [9.17, 15) is 13.2 Å². The third-order valence-electron chi connectivity index (χ3n) is 2.98. The molecule has 1 amide bonds. The van der Waals surface area contributed by atoms with Crippen LogP contribution in [0.4, 0.5) is 5.69 Å². The summed E-state index contributed by atoms with van der Waals surface area (Å²) in [5.74, 6) is -0.136. The van der Waals surface area contributed by atoms with Crippen LogP contribution in [0.1, 0.15) is 12.5 Å². The first-order chi connectivity index (χ1) is 9.97. The number of hydrogen-bond acceptors (Lipinski definition) is 3. The van der Waals surface area contributed by atoms with E-state index in [2.05, 4.69) is 10.3 Å². The second-order valence-electron chi connectivity index (χ2n) is 4.68. The summed E-state index contributed by atoms with van der Waals surface area (Å²) in [6.45, 7) is 1.40. The first-order valence-electron chi connectivity index (χ1n) is 6.53. The van der Waals surface area contributed by atoms with Crippen molar-refractivity contribution < 1.29 is 30.6 Å². The third-order valence-corrected chi connectivity index (χ3v) is 4.71. The molecular formula is C15H17ClN2O3S. The van der Waals surface area contributed by atoms with Gasteiger partial charge in [0, 0.05) is 24.7 Å². The summed E-state index contributed by atoms with van der Waals surface area (Å²) >= 11 is 0. The molecule has 0 atom stereocenters. The van der Waals surface area contributed by atoms with Crippen LogP contribution >= 0.6 is 0 Å². The zero-order valence-electron chi connectivity index (χ0n) is 12.0. The van der Waals surface area contributed by atoms with Gasteiger partial charge in [-0.3, -0.25) is 4.79 Å². The van der Waals surface area contributed by atoms with Crippen molar-refractivity contribution in [3.63, 3.8) is 0 Å². The summed E-state index contributed by atoms with van der Waals surface area (Å²) in [5, 5.41) is 2.60. The van der Waals surface area contributed by atoms with Crippen molar-refractivity contribution >= 4 is 21.4 Å². The average Bonchev–Trinajstić information content (AvgIpc) is 2.46. The lowest BCUT2D eigenvalue weighted by Crippen LogP contribution is -3.00. The number of halogens is 1. The molecule has 7 heteroatoms. The number of benzene rings is 1. The Morgan fingerprint density at radius 2 is 1.68 bits per heavy atom. The predicted octanol–water partition coefficient (Wildman–Crippen LogP) is -1.52. The minimum atomic E-state index is -3.33. The molecule has 5 nitrogen and oxygen atoms in total. The number of aryl methyl sites for hydroxylation is 1. The van der Waals surface area contributed by atoms with E-state index >= 15 is 0 Å². The van der Waals surface area contributed by atoms with Crippen LogP contribution in [0.15, 0.2) is 53.7 Å². The highest BCUT2D eigenvalue weighted by Crippen LogP contribution is 2.16. The molecule has 0 radical (unpaired) electrons. The molecule has 0 aliphatic rings. The number of sulfone groups is 1. The molecule has 2 aromatic rings. The van der Waals surface area contributed by atoms with E-state index in [1.165, 1.54) is 19.1 Å². The fourth-order valence-electron chi connectivity index (χ4n) is 1.91. The molecule has 0 spiro atoms. The molecule has 2 rings (SSSR count). The van der Waals surface area contributed by atoms with E-state index in [1.807, 2.05) is 12.1 Å². The molecule has 0 unspecified atom stereocenters. The highest BCUT2D eigenvalue weighted by molar-refractivity contribution is 7.91. The van der Waals surface area contributed by atoms with Gasteiger partial charge in [0.15, 0.2) is 22.2 Å². The van der Waals surface area contributed by atoms with Gasteiger partial charge in [-0.1, -0.05) is 0 Å². The molecule has 0 saturated carbocycles. The lowest BCUT2D eigenvalue weighted by atomic mass is 10.2. The first kappa shape index (κ1) is 18.1. The summed E-state index contributed by atoms with van der Waals surface area (Å²) in [5.41, 5.74) is 1.55. The molecule has 1 aromatic carbocycles. The van der Waals surface area contributed by atoms with Gasteiger partial charge in [-0.15, -0.1) is 0 Å². The maximum atomic E-state index is 12.2. The van der Waals surface area contributed by atoms with Gasteiger partial charge in [0.1, 0.15) is 0 Å². The fraction of sp³-hybridized carbons (Fsp3) is 0.200. The van der Waals surface area contributed by atoms with Gasteiger partial charge >= 0.3 is 0 Å². The molecule has 2 N–H and O–H groups in total. The average molecular weight is 341 g/mol. The smallest absolute Gasteiger partial charge is 0.221 e. The van der Waals surface area contributed by atoms with E-state index < -0.39 is 9.84 Å². The SMILES string of the molecule is CC(=O)Nc1ccc(S(=O)(=O)CCc2cc[nH+]cc2)cc1.[Cl-]. The molecule has 22 heavy (non-hydrogen) atoms.